The second kappa shape index (κ2) is 6.41. The van der Waals surface area contributed by atoms with Gasteiger partial charge in [-0.25, -0.2) is 13.8 Å². The summed E-state index contributed by atoms with van der Waals surface area (Å²) in [6, 6.07) is 3.10. The van der Waals surface area contributed by atoms with Crippen molar-refractivity contribution in [2.45, 2.75) is 13.0 Å². The summed E-state index contributed by atoms with van der Waals surface area (Å²) in [4.78, 5) is 17.4. The number of hydrogen-bond donors (Lipinski definition) is 1. The Hall–Kier alpha value is -1.99. The molecule has 1 amide bonds. The van der Waals surface area contributed by atoms with Crippen LogP contribution in [0.2, 0.25) is 0 Å². The van der Waals surface area contributed by atoms with Crippen LogP contribution in [0.5, 0.6) is 0 Å². The lowest BCUT2D eigenvalue weighted by molar-refractivity contribution is -0.130. The van der Waals surface area contributed by atoms with Gasteiger partial charge in [0.05, 0.1) is 13.1 Å². The minimum atomic E-state index is -0.693. The standard InChI is InChI=1S/C14H13F2N3O2.ClH/c15-9-3-8(4-10(16)5-9)14-18-11-7-19(13(20)6-17)2-1-12(11)21-14;/h3-5H,1-2,6-7,17H2;1H. The summed E-state index contributed by atoms with van der Waals surface area (Å²) in [6.07, 6.45) is 0.506. The molecule has 0 aliphatic carbocycles. The van der Waals surface area contributed by atoms with Gasteiger partial charge in [0.1, 0.15) is 23.1 Å². The quantitative estimate of drug-likeness (QED) is 0.913. The molecule has 8 heteroatoms. The molecule has 1 aliphatic rings. The average molecular weight is 330 g/mol. The van der Waals surface area contributed by atoms with E-state index < -0.39 is 11.6 Å². The highest BCUT2D eigenvalue weighted by molar-refractivity contribution is 5.85. The van der Waals surface area contributed by atoms with E-state index in [-0.39, 0.29) is 36.3 Å². The predicted octanol–water partition coefficient (Wildman–Crippen LogP) is 1.89. The van der Waals surface area contributed by atoms with Crippen LogP contribution in [0.1, 0.15) is 11.5 Å². The van der Waals surface area contributed by atoms with Crippen LogP contribution in [0.4, 0.5) is 8.78 Å². The van der Waals surface area contributed by atoms with Crippen LogP contribution in [0.15, 0.2) is 22.6 Å². The molecular formula is C14H14ClF2N3O2. The molecule has 0 bridgehead atoms. The highest BCUT2D eigenvalue weighted by Gasteiger charge is 2.25. The minimum Gasteiger partial charge on any atom is -0.441 e. The Labute approximate surface area is 131 Å². The minimum absolute atomic E-state index is 0. The molecule has 0 fully saturated rings. The first-order valence-corrected chi connectivity index (χ1v) is 6.49. The molecule has 1 aromatic heterocycles. The van der Waals surface area contributed by atoms with Gasteiger partial charge in [-0.1, -0.05) is 0 Å². The molecule has 1 aromatic carbocycles. The first-order valence-electron chi connectivity index (χ1n) is 6.49. The van der Waals surface area contributed by atoms with Crippen LogP contribution in [0.25, 0.3) is 11.5 Å². The number of nitrogens with two attached hydrogens (primary N) is 1. The molecule has 0 radical (unpaired) electrons. The number of benzene rings is 1. The van der Waals surface area contributed by atoms with Crippen molar-refractivity contribution in [2.75, 3.05) is 13.1 Å². The van der Waals surface area contributed by atoms with E-state index in [2.05, 4.69) is 4.98 Å². The number of hydrogen-bond acceptors (Lipinski definition) is 4. The summed E-state index contributed by atoms with van der Waals surface area (Å²) in [5.41, 5.74) is 6.17. The highest BCUT2D eigenvalue weighted by Crippen LogP contribution is 2.27. The smallest absolute Gasteiger partial charge is 0.236 e. The molecular weight excluding hydrogens is 316 g/mol. The van der Waals surface area contributed by atoms with Crippen LogP contribution in [0, 0.1) is 11.6 Å². The van der Waals surface area contributed by atoms with Crippen molar-refractivity contribution in [1.29, 1.82) is 0 Å². The fraction of sp³-hybridized carbons (Fsp3) is 0.286. The Morgan fingerprint density at radius 3 is 2.64 bits per heavy atom. The lowest BCUT2D eigenvalue weighted by Crippen LogP contribution is -2.39. The zero-order valence-electron chi connectivity index (χ0n) is 11.5. The third-order valence-electron chi connectivity index (χ3n) is 3.36. The Balaban J connectivity index is 0.00000176. The molecule has 2 heterocycles. The number of amides is 1. The monoisotopic (exact) mass is 329 g/mol. The van der Waals surface area contributed by atoms with Gasteiger partial charge in [-0.15, -0.1) is 12.4 Å². The molecule has 1 aliphatic heterocycles. The first kappa shape index (κ1) is 16.4. The van der Waals surface area contributed by atoms with Gasteiger partial charge < -0.3 is 15.1 Å². The molecule has 2 N–H and O–H groups in total. The Bertz CT molecular complexity index is 685. The zero-order chi connectivity index (χ0) is 15.0. The zero-order valence-corrected chi connectivity index (χ0v) is 12.3. The second-order valence-electron chi connectivity index (χ2n) is 4.82. The van der Waals surface area contributed by atoms with E-state index in [0.29, 0.717) is 31.0 Å². The van der Waals surface area contributed by atoms with Crippen molar-refractivity contribution >= 4 is 18.3 Å². The van der Waals surface area contributed by atoms with E-state index in [1.165, 1.54) is 0 Å². The summed E-state index contributed by atoms with van der Waals surface area (Å²) < 4.78 is 32.0. The van der Waals surface area contributed by atoms with E-state index in [9.17, 15) is 13.6 Å². The summed E-state index contributed by atoms with van der Waals surface area (Å²) in [5, 5.41) is 0. The average Bonchev–Trinajstić information content (AvgIpc) is 2.88. The van der Waals surface area contributed by atoms with Crippen molar-refractivity contribution in [3.05, 3.63) is 41.3 Å². The topological polar surface area (TPSA) is 72.4 Å². The largest absolute Gasteiger partial charge is 0.441 e. The summed E-state index contributed by atoms with van der Waals surface area (Å²) >= 11 is 0. The number of carbonyl (C=O) groups is 1. The van der Waals surface area contributed by atoms with Crippen molar-refractivity contribution in [2.24, 2.45) is 5.73 Å². The maximum Gasteiger partial charge on any atom is 0.236 e. The fourth-order valence-corrected chi connectivity index (χ4v) is 2.34. The van der Waals surface area contributed by atoms with Crippen LogP contribution < -0.4 is 5.73 Å². The van der Waals surface area contributed by atoms with Gasteiger partial charge in [0.15, 0.2) is 0 Å². The molecule has 118 valence electrons. The number of aromatic nitrogens is 1. The van der Waals surface area contributed by atoms with E-state index in [0.717, 1.165) is 18.2 Å². The second-order valence-corrected chi connectivity index (χ2v) is 4.82. The van der Waals surface area contributed by atoms with Crippen LogP contribution in [-0.4, -0.2) is 28.9 Å². The van der Waals surface area contributed by atoms with E-state index in [4.69, 9.17) is 10.2 Å². The molecule has 0 spiro atoms. The maximum atomic E-state index is 13.2. The number of carbonyl (C=O) groups excluding carboxylic acids is 1. The Morgan fingerprint density at radius 1 is 1.32 bits per heavy atom. The van der Waals surface area contributed by atoms with Crippen LogP contribution in [0.3, 0.4) is 0 Å². The Kier molecular flexibility index (Phi) is 4.77. The highest BCUT2D eigenvalue weighted by atomic mass is 35.5. The molecule has 0 saturated heterocycles. The predicted molar refractivity (Wildman–Crippen MR) is 77.3 cm³/mol. The maximum absolute atomic E-state index is 13.2. The normalized spacial score (nSPS) is 13.5. The van der Waals surface area contributed by atoms with Crippen LogP contribution >= 0.6 is 12.4 Å². The molecule has 3 rings (SSSR count). The number of fused-ring (bicyclic) bond motifs is 1. The molecule has 0 unspecified atom stereocenters. The fourth-order valence-electron chi connectivity index (χ4n) is 2.34. The van der Waals surface area contributed by atoms with Gasteiger partial charge in [-0.05, 0) is 12.1 Å². The summed E-state index contributed by atoms with van der Waals surface area (Å²) in [7, 11) is 0. The van der Waals surface area contributed by atoms with Gasteiger partial charge >= 0.3 is 0 Å². The summed E-state index contributed by atoms with van der Waals surface area (Å²) in [5.74, 6) is -0.764. The third kappa shape index (κ3) is 3.10. The van der Waals surface area contributed by atoms with Gasteiger partial charge in [0.2, 0.25) is 11.8 Å². The number of halogens is 3. The number of oxazole rings is 1. The van der Waals surface area contributed by atoms with Gasteiger partial charge in [0.25, 0.3) is 0 Å². The molecule has 22 heavy (non-hydrogen) atoms. The number of nitrogens with zero attached hydrogens (tertiary/aromatic N) is 2. The van der Waals surface area contributed by atoms with Crippen molar-refractivity contribution < 1.29 is 18.0 Å². The van der Waals surface area contributed by atoms with E-state index >= 15 is 0 Å². The van der Waals surface area contributed by atoms with Crippen LogP contribution in [-0.2, 0) is 17.8 Å². The van der Waals surface area contributed by atoms with Gasteiger partial charge in [-0.2, -0.15) is 0 Å². The summed E-state index contributed by atoms with van der Waals surface area (Å²) in [6.45, 7) is 0.733. The van der Waals surface area contributed by atoms with E-state index in [1.807, 2.05) is 0 Å². The van der Waals surface area contributed by atoms with Gasteiger partial charge in [-0.3, -0.25) is 4.79 Å². The lowest BCUT2D eigenvalue weighted by Gasteiger charge is -2.24. The number of rotatable bonds is 2. The SMILES string of the molecule is Cl.NCC(=O)N1CCc2oc(-c3cc(F)cc(F)c3)nc2C1. The van der Waals surface area contributed by atoms with Crippen molar-refractivity contribution in [3.63, 3.8) is 0 Å². The third-order valence-corrected chi connectivity index (χ3v) is 3.36. The van der Waals surface area contributed by atoms with E-state index in [1.54, 1.807) is 4.90 Å². The van der Waals surface area contributed by atoms with Crippen molar-refractivity contribution in [3.8, 4) is 11.5 Å². The lowest BCUT2D eigenvalue weighted by atomic mass is 10.1. The molecule has 2 aromatic rings. The molecule has 5 nitrogen and oxygen atoms in total. The molecule has 0 atom stereocenters. The Morgan fingerprint density at radius 2 is 2.00 bits per heavy atom. The van der Waals surface area contributed by atoms with Crippen molar-refractivity contribution in [1.82, 2.24) is 9.88 Å². The first-order chi connectivity index (χ1) is 10.1. The molecule has 0 saturated carbocycles. The van der Waals surface area contributed by atoms with Gasteiger partial charge in [0, 0.05) is 24.6 Å².